The molecule has 27 heavy (non-hydrogen) atoms. The van der Waals surface area contributed by atoms with Crippen LogP contribution in [-0.2, 0) is 0 Å². The van der Waals surface area contributed by atoms with Crippen molar-refractivity contribution in [2.24, 2.45) is 0 Å². The minimum Gasteiger partial charge on any atom is -0.373 e. The average Bonchev–Trinajstić information content (AvgIpc) is 2.69. The van der Waals surface area contributed by atoms with E-state index in [0.717, 1.165) is 6.07 Å². The Hall–Kier alpha value is -3.48. The molecule has 0 spiro atoms. The van der Waals surface area contributed by atoms with Gasteiger partial charge in [0.05, 0.1) is 5.52 Å². The van der Waals surface area contributed by atoms with E-state index in [1.54, 1.807) is 31.3 Å². The summed E-state index contributed by atoms with van der Waals surface area (Å²) in [6, 6.07) is 11.9. The lowest BCUT2D eigenvalue weighted by molar-refractivity contribution is 0.511. The van der Waals surface area contributed by atoms with E-state index >= 15 is 0 Å². The molecular formula is C20H13F3N4. The first-order valence-corrected chi connectivity index (χ1v) is 8.12. The number of rotatable bonds is 3. The molecule has 0 unspecified atom stereocenters. The van der Waals surface area contributed by atoms with Crippen molar-refractivity contribution in [3.05, 3.63) is 72.3 Å². The maximum Gasteiger partial charge on any atom is 0.212 e. The summed E-state index contributed by atoms with van der Waals surface area (Å²) in [5.74, 6) is -1.51. The highest BCUT2D eigenvalue weighted by molar-refractivity contribution is 5.93. The number of fused-ring (bicyclic) bond motifs is 1. The Morgan fingerprint density at radius 1 is 0.889 bits per heavy atom. The first-order chi connectivity index (χ1) is 13.1. The molecule has 0 bridgehead atoms. The van der Waals surface area contributed by atoms with Crippen molar-refractivity contribution < 1.29 is 13.2 Å². The zero-order chi connectivity index (χ0) is 19.0. The Bertz CT molecular complexity index is 1140. The molecule has 7 heteroatoms. The normalized spacial score (nSPS) is 11.0. The van der Waals surface area contributed by atoms with Crippen LogP contribution in [-0.4, -0.2) is 22.0 Å². The molecule has 0 fully saturated rings. The fourth-order valence-electron chi connectivity index (χ4n) is 2.85. The lowest BCUT2D eigenvalue weighted by Crippen LogP contribution is -2.00. The van der Waals surface area contributed by atoms with Gasteiger partial charge in [-0.25, -0.2) is 23.7 Å². The number of pyridine rings is 1. The Balaban J connectivity index is 1.88. The fourth-order valence-corrected chi connectivity index (χ4v) is 2.85. The SMILES string of the molecule is CNc1nc(-c2ccc(F)nc2)nc2ccc(-c3cccc(F)c3F)cc12. The number of nitrogens with one attached hydrogen (secondary N) is 1. The zero-order valence-electron chi connectivity index (χ0n) is 14.2. The van der Waals surface area contributed by atoms with Gasteiger partial charge in [0.25, 0.3) is 0 Å². The summed E-state index contributed by atoms with van der Waals surface area (Å²) in [5.41, 5.74) is 1.84. The van der Waals surface area contributed by atoms with Crippen LogP contribution in [0.5, 0.6) is 0 Å². The summed E-state index contributed by atoms with van der Waals surface area (Å²) in [6.45, 7) is 0. The van der Waals surface area contributed by atoms with Gasteiger partial charge in [0, 0.05) is 29.8 Å². The van der Waals surface area contributed by atoms with Crippen LogP contribution >= 0.6 is 0 Å². The second kappa shape index (κ2) is 6.68. The molecule has 4 aromatic rings. The molecule has 0 amide bonds. The van der Waals surface area contributed by atoms with Gasteiger partial charge in [-0.3, -0.25) is 0 Å². The van der Waals surface area contributed by atoms with Crippen LogP contribution in [0.15, 0.2) is 54.7 Å². The van der Waals surface area contributed by atoms with Crippen molar-refractivity contribution in [1.82, 2.24) is 15.0 Å². The number of benzene rings is 2. The molecule has 0 atom stereocenters. The van der Waals surface area contributed by atoms with Crippen LogP contribution in [0.1, 0.15) is 0 Å². The van der Waals surface area contributed by atoms with Crippen molar-refractivity contribution in [2.75, 3.05) is 12.4 Å². The van der Waals surface area contributed by atoms with Gasteiger partial charge in [-0.05, 0) is 35.9 Å². The predicted octanol–water partition coefficient (Wildman–Crippen LogP) is 4.82. The number of hydrogen-bond acceptors (Lipinski definition) is 4. The lowest BCUT2D eigenvalue weighted by atomic mass is 10.0. The molecular weight excluding hydrogens is 353 g/mol. The summed E-state index contributed by atoms with van der Waals surface area (Å²) < 4.78 is 40.7. The number of nitrogens with zero attached hydrogens (tertiary/aromatic N) is 3. The molecule has 2 aromatic carbocycles. The minimum absolute atomic E-state index is 0.158. The quantitative estimate of drug-likeness (QED) is 0.528. The van der Waals surface area contributed by atoms with Crippen LogP contribution in [0.4, 0.5) is 19.0 Å². The van der Waals surface area contributed by atoms with Gasteiger partial charge in [-0.15, -0.1) is 0 Å². The highest BCUT2D eigenvalue weighted by Crippen LogP contribution is 2.31. The predicted molar refractivity (Wildman–Crippen MR) is 97.6 cm³/mol. The maximum atomic E-state index is 14.1. The number of aromatic nitrogens is 3. The van der Waals surface area contributed by atoms with Gasteiger partial charge in [0.2, 0.25) is 5.95 Å². The van der Waals surface area contributed by atoms with Crippen LogP contribution in [0.25, 0.3) is 33.4 Å². The summed E-state index contributed by atoms with van der Waals surface area (Å²) in [7, 11) is 1.70. The van der Waals surface area contributed by atoms with E-state index in [1.807, 2.05) is 0 Å². The monoisotopic (exact) mass is 366 g/mol. The van der Waals surface area contributed by atoms with Crippen molar-refractivity contribution in [1.29, 1.82) is 0 Å². The largest absolute Gasteiger partial charge is 0.373 e. The molecule has 0 saturated carbocycles. The number of hydrogen-bond donors (Lipinski definition) is 1. The van der Waals surface area contributed by atoms with Gasteiger partial charge in [-0.2, -0.15) is 4.39 Å². The van der Waals surface area contributed by atoms with Gasteiger partial charge in [0.15, 0.2) is 17.5 Å². The third kappa shape index (κ3) is 3.08. The smallest absolute Gasteiger partial charge is 0.212 e. The second-order valence-electron chi connectivity index (χ2n) is 5.85. The minimum atomic E-state index is -0.906. The summed E-state index contributed by atoms with van der Waals surface area (Å²) >= 11 is 0. The van der Waals surface area contributed by atoms with E-state index in [-0.39, 0.29) is 5.56 Å². The average molecular weight is 366 g/mol. The van der Waals surface area contributed by atoms with Crippen molar-refractivity contribution in [3.8, 4) is 22.5 Å². The second-order valence-corrected chi connectivity index (χ2v) is 5.85. The molecule has 0 saturated heterocycles. The highest BCUT2D eigenvalue weighted by atomic mass is 19.2. The van der Waals surface area contributed by atoms with E-state index in [0.29, 0.717) is 33.7 Å². The van der Waals surface area contributed by atoms with Crippen molar-refractivity contribution in [2.45, 2.75) is 0 Å². The van der Waals surface area contributed by atoms with Crippen molar-refractivity contribution in [3.63, 3.8) is 0 Å². The van der Waals surface area contributed by atoms with Gasteiger partial charge < -0.3 is 5.32 Å². The third-order valence-electron chi connectivity index (χ3n) is 4.18. The Labute approximate surface area is 152 Å². The van der Waals surface area contributed by atoms with Crippen LogP contribution < -0.4 is 5.32 Å². The molecule has 134 valence electrons. The van der Waals surface area contributed by atoms with Crippen molar-refractivity contribution >= 4 is 16.7 Å². The third-order valence-corrected chi connectivity index (χ3v) is 4.18. The topological polar surface area (TPSA) is 50.7 Å². The van der Waals surface area contributed by atoms with E-state index in [2.05, 4.69) is 20.3 Å². The first kappa shape index (κ1) is 17.0. The van der Waals surface area contributed by atoms with Crippen LogP contribution in [0.3, 0.4) is 0 Å². The highest BCUT2D eigenvalue weighted by Gasteiger charge is 2.13. The lowest BCUT2D eigenvalue weighted by Gasteiger charge is -2.10. The Kier molecular flexibility index (Phi) is 4.19. The molecule has 0 radical (unpaired) electrons. The molecule has 2 aromatic heterocycles. The molecule has 4 nitrogen and oxygen atoms in total. The Morgan fingerprint density at radius 2 is 1.70 bits per heavy atom. The fraction of sp³-hybridized carbons (Fsp3) is 0.0500. The van der Waals surface area contributed by atoms with Crippen LogP contribution in [0, 0.1) is 17.6 Å². The van der Waals surface area contributed by atoms with Crippen LogP contribution in [0.2, 0.25) is 0 Å². The zero-order valence-corrected chi connectivity index (χ0v) is 14.2. The standard InChI is InChI=1S/C20H13F3N4/c1-24-20-14-9-11(13-3-2-4-15(21)18(13)23)5-7-16(14)26-19(27-20)12-6-8-17(22)25-10-12/h2-10H,1H3,(H,24,26,27). The maximum absolute atomic E-state index is 14.1. The molecule has 0 aliphatic carbocycles. The summed E-state index contributed by atoms with van der Waals surface area (Å²) in [6.07, 6.45) is 1.35. The van der Waals surface area contributed by atoms with Gasteiger partial charge >= 0.3 is 0 Å². The molecule has 0 aliphatic heterocycles. The van der Waals surface area contributed by atoms with E-state index in [9.17, 15) is 13.2 Å². The molecule has 1 N–H and O–H groups in total. The molecule has 2 heterocycles. The summed E-state index contributed by atoms with van der Waals surface area (Å²) in [5, 5.41) is 3.63. The van der Waals surface area contributed by atoms with Gasteiger partial charge in [0.1, 0.15) is 5.82 Å². The van der Waals surface area contributed by atoms with Gasteiger partial charge in [-0.1, -0.05) is 18.2 Å². The Morgan fingerprint density at radius 3 is 2.44 bits per heavy atom. The number of anilines is 1. The summed E-state index contributed by atoms with van der Waals surface area (Å²) in [4.78, 5) is 12.5. The molecule has 4 rings (SSSR count). The molecule has 0 aliphatic rings. The first-order valence-electron chi connectivity index (χ1n) is 8.12. The number of halogens is 3. The van der Waals surface area contributed by atoms with E-state index in [4.69, 9.17) is 0 Å². The van der Waals surface area contributed by atoms with E-state index < -0.39 is 17.6 Å². The van der Waals surface area contributed by atoms with E-state index in [1.165, 1.54) is 24.4 Å².